The van der Waals surface area contributed by atoms with Gasteiger partial charge in [-0.2, -0.15) is 0 Å². The number of benzene rings is 3. The maximum absolute atomic E-state index is 13.4. The van der Waals surface area contributed by atoms with Crippen LogP contribution in [0.2, 0.25) is 0 Å². The van der Waals surface area contributed by atoms with Gasteiger partial charge in [-0.25, -0.2) is 17.9 Å². The number of fused-ring (bicyclic) bond motifs is 1. The maximum atomic E-state index is 13.4. The number of likely N-dealkylation sites (N-methyl/N-ethyl adjacent to an activating group) is 1. The Morgan fingerprint density at radius 1 is 0.902 bits per heavy atom. The molecule has 3 N–H and O–H groups in total. The van der Waals surface area contributed by atoms with Crippen LogP contribution in [-0.2, 0) is 14.8 Å². The van der Waals surface area contributed by atoms with E-state index in [1.165, 1.54) is 41.7 Å². The number of anilines is 2. The van der Waals surface area contributed by atoms with Crippen molar-refractivity contribution in [2.24, 2.45) is 10.9 Å². The van der Waals surface area contributed by atoms with Crippen molar-refractivity contribution in [3.05, 3.63) is 90.0 Å². The number of aliphatic imine (C=N–C) groups is 1. The zero-order chi connectivity index (χ0) is 29.0. The fraction of sp³-hybridized carbons (Fsp3) is 0.267. The summed E-state index contributed by atoms with van der Waals surface area (Å²) in [6, 6.07) is 20.3. The van der Waals surface area contributed by atoms with Gasteiger partial charge in [-0.3, -0.25) is 14.6 Å². The highest BCUT2D eigenvalue weighted by atomic mass is 32.2. The second kappa shape index (κ2) is 11.9. The van der Waals surface area contributed by atoms with Crippen molar-refractivity contribution in [3.8, 4) is 0 Å². The monoisotopic (exact) mass is 573 g/mol. The van der Waals surface area contributed by atoms with Gasteiger partial charge in [0.2, 0.25) is 6.17 Å². The lowest BCUT2D eigenvalue weighted by molar-refractivity contribution is -0.119. The van der Waals surface area contributed by atoms with Crippen LogP contribution in [0.1, 0.15) is 48.0 Å². The van der Waals surface area contributed by atoms with Gasteiger partial charge in [0.25, 0.3) is 21.8 Å². The van der Waals surface area contributed by atoms with E-state index < -0.39 is 28.1 Å². The van der Waals surface area contributed by atoms with E-state index in [-0.39, 0.29) is 28.0 Å². The van der Waals surface area contributed by atoms with E-state index in [1.54, 1.807) is 31.3 Å². The summed E-state index contributed by atoms with van der Waals surface area (Å²) in [5.74, 6) is -1.03. The third-order valence-corrected chi connectivity index (χ3v) is 8.64. The molecule has 2 aliphatic rings. The van der Waals surface area contributed by atoms with Crippen LogP contribution in [0.3, 0.4) is 0 Å². The number of carbonyl (C=O) groups is 3. The van der Waals surface area contributed by atoms with E-state index in [0.717, 1.165) is 42.6 Å². The minimum absolute atomic E-state index is 0.0284. The Labute approximate surface area is 238 Å². The molecule has 41 heavy (non-hydrogen) atoms. The Balaban J connectivity index is 1.32. The first kappa shape index (κ1) is 28.0. The van der Waals surface area contributed by atoms with Crippen LogP contribution >= 0.6 is 0 Å². The lowest BCUT2D eigenvalue weighted by Gasteiger charge is -2.25. The number of amides is 4. The molecule has 0 spiro atoms. The van der Waals surface area contributed by atoms with Crippen molar-refractivity contribution in [1.82, 2.24) is 10.0 Å². The summed E-state index contributed by atoms with van der Waals surface area (Å²) in [7, 11) is -2.41. The third-order valence-electron chi connectivity index (χ3n) is 7.30. The van der Waals surface area contributed by atoms with Crippen LogP contribution in [0.15, 0.2) is 88.8 Å². The van der Waals surface area contributed by atoms with Crippen molar-refractivity contribution < 1.29 is 22.8 Å². The number of hydrogen-bond acceptors (Lipinski definition) is 6. The molecule has 5 rings (SSSR count). The molecule has 1 aliphatic carbocycles. The van der Waals surface area contributed by atoms with Crippen LogP contribution in [0.5, 0.6) is 0 Å². The predicted octanol–water partition coefficient (Wildman–Crippen LogP) is 4.30. The van der Waals surface area contributed by atoms with Crippen molar-refractivity contribution in [2.45, 2.75) is 43.2 Å². The summed E-state index contributed by atoms with van der Waals surface area (Å²) in [4.78, 5) is 45.4. The van der Waals surface area contributed by atoms with Gasteiger partial charge >= 0.3 is 6.03 Å². The molecule has 3 aromatic rings. The van der Waals surface area contributed by atoms with Crippen LogP contribution < -0.4 is 20.3 Å². The van der Waals surface area contributed by atoms with Crippen LogP contribution in [-0.4, -0.2) is 45.2 Å². The van der Waals surface area contributed by atoms with Gasteiger partial charge in [0.15, 0.2) is 0 Å². The number of hydrogen-bond donors (Lipinski definition) is 3. The molecule has 0 saturated heterocycles. The second-order valence-electron chi connectivity index (χ2n) is 10.1. The van der Waals surface area contributed by atoms with Gasteiger partial charge in [0.1, 0.15) is 0 Å². The van der Waals surface area contributed by atoms with E-state index >= 15 is 0 Å². The van der Waals surface area contributed by atoms with Crippen molar-refractivity contribution in [3.63, 3.8) is 0 Å². The number of benzodiazepines with no additional fused rings is 1. The van der Waals surface area contributed by atoms with Crippen molar-refractivity contribution in [2.75, 3.05) is 17.3 Å². The summed E-state index contributed by atoms with van der Waals surface area (Å²) >= 11 is 0. The van der Waals surface area contributed by atoms with E-state index in [9.17, 15) is 22.8 Å². The molecule has 10 nitrogen and oxygen atoms in total. The maximum Gasteiger partial charge on any atom is 0.321 e. The average Bonchev–Trinajstić information content (AvgIpc) is 3.08. The Morgan fingerprint density at radius 3 is 2.37 bits per heavy atom. The fourth-order valence-corrected chi connectivity index (χ4v) is 6.21. The van der Waals surface area contributed by atoms with Gasteiger partial charge in [0, 0.05) is 29.8 Å². The molecule has 4 amide bonds. The van der Waals surface area contributed by atoms with Gasteiger partial charge in [-0.05, 0) is 49.2 Å². The molecule has 1 fully saturated rings. The minimum atomic E-state index is -4.07. The van der Waals surface area contributed by atoms with Gasteiger partial charge in [0.05, 0.1) is 16.3 Å². The molecule has 1 aliphatic heterocycles. The molecule has 1 saturated carbocycles. The Bertz CT molecular complexity index is 1600. The molecule has 0 aromatic heterocycles. The van der Waals surface area contributed by atoms with Crippen LogP contribution in [0.25, 0.3) is 0 Å². The summed E-state index contributed by atoms with van der Waals surface area (Å²) in [5.41, 5.74) is 2.73. The molecule has 0 radical (unpaired) electrons. The first-order valence-corrected chi connectivity index (χ1v) is 15.0. The topological polar surface area (TPSA) is 137 Å². The summed E-state index contributed by atoms with van der Waals surface area (Å²) in [5, 5.41) is 5.31. The highest BCUT2D eigenvalue weighted by molar-refractivity contribution is 7.90. The highest BCUT2D eigenvalue weighted by Gasteiger charge is 2.33. The van der Waals surface area contributed by atoms with Gasteiger partial charge in [-0.15, -0.1) is 0 Å². The first-order chi connectivity index (χ1) is 19.7. The largest absolute Gasteiger partial charge is 0.321 e. The number of urea groups is 1. The summed E-state index contributed by atoms with van der Waals surface area (Å²) in [6.45, 7) is 0. The Kier molecular flexibility index (Phi) is 8.16. The third kappa shape index (κ3) is 6.30. The lowest BCUT2D eigenvalue weighted by Crippen LogP contribution is -2.47. The number of nitrogens with one attached hydrogen (secondary N) is 3. The summed E-state index contributed by atoms with van der Waals surface area (Å²) < 4.78 is 27.1. The molecule has 0 unspecified atom stereocenters. The molecular formula is C30H31N5O5S. The summed E-state index contributed by atoms with van der Waals surface area (Å²) in [6.07, 6.45) is 4.14. The van der Waals surface area contributed by atoms with Crippen molar-refractivity contribution >= 4 is 45.0 Å². The molecule has 212 valence electrons. The smallest absolute Gasteiger partial charge is 0.311 e. The van der Waals surface area contributed by atoms with E-state index in [2.05, 4.69) is 10.6 Å². The van der Waals surface area contributed by atoms with Crippen LogP contribution in [0, 0.1) is 5.92 Å². The number of carbonyl (C=O) groups excluding carboxylic acids is 3. The quantitative estimate of drug-likeness (QED) is 0.404. The van der Waals surface area contributed by atoms with E-state index in [0.29, 0.717) is 0 Å². The predicted molar refractivity (Wildman–Crippen MR) is 156 cm³/mol. The van der Waals surface area contributed by atoms with Crippen molar-refractivity contribution in [1.29, 1.82) is 0 Å². The SMILES string of the molecule is CN1C(=O)[C@@H](NC(=O)Nc2cccc(C(=O)NS(=O)(=O)c3ccccc3)c2)N=C(C2CCCCC2)c2ccccc21. The van der Waals surface area contributed by atoms with Gasteiger partial charge in [-0.1, -0.05) is 61.7 Å². The Morgan fingerprint density at radius 2 is 1.61 bits per heavy atom. The second-order valence-corrected chi connectivity index (χ2v) is 11.8. The molecule has 0 bridgehead atoms. The number of rotatable bonds is 6. The zero-order valence-electron chi connectivity index (χ0n) is 22.5. The molecule has 1 heterocycles. The molecule has 1 atom stereocenters. The molecule has 11 heteroatoms. The standard InChI is InChI=1S/C30H31N5O5S/c1-35-25-18-9-8-17-24(25)26(20-11-4-2-5-12-20)32-27(29(35)37)33-30(38)31-22-14-10-13-21(19-22)28(36)34-41(39,40)23-15-6-3-7-16-23/h3,6-10,13-20,27H,2,4-5,11-12H2,1H3,(H,34,36)(H2,31,33,38)/t27-/m1/s1. The lowest BCUT2D eigenvalue weighted by atomic mass is 9.83. The van der Waals surface area contributed by atoms with E-state index in [1.807, 2.05) is 29.0 Å². The normalized spacial score (nSPS) is 17.6. The average molecular weight is 574 g/mol. The minimum Gasteiger partial charge on any atom is -0.311 e. The van der Waals surface area contributed by atoms with Crippen LogP contribution in [0.4, 0.5) is 16.2 Å². The first-order valence-electron chi connectivity index (χ1n) is 13.5. The fourth-order valence-electron chi connectivity index (χ4n) is 5.21. The van der Waals surface area contributed by atoms with E-state index in [4.69, 9.17) is 4.99 Å². The Hall–Kier alpha value is -4.51. The molecule has 3 aromatic carbocycles. The zero-order valence-corrected chi connectivity index (χ0v) is 23.4. The highest BCUT2D eigenvalue weighted by Crippen LogP contribution is 2.33. The van der Waals surface area contributed by atoms with Gasteiger partial charge < -0.3 is 15.5 Å². The number of para-hydroxylation sites is 1. The number of nitrogens with zero attached hydrogens (tertiary/aromatic N) is 2. The molecular weight excluding hydrogens is 542 g/mol. The number of sulfonamides is 1.